The van der Waals surface area contributed by atoms with Crippen LogP contribution in [0.2, 0.25) is 0 Å². The maximum atomic E-state index is 8.81. The number of nitrogens with zero attached hydrogens (tertiary/aromatic N) is 1. The van der Waals surface area contributed by atoms with E-state index >= 15 is 0 Å². The average molecular weight is 207 g/mol. The van der Waals surface area contributed by atoms with Crippen molar-refractivity contribution in [2.45, 2.75) is 6.61 Å². The monoisotopic (exact) mass is 207 g/mol. The van der Waals surface area contributed by atoms with Crippen LogP contribution in [0.5, 0.6) is 11.5 Å². The summed E-state index contributed by atoms with van der Waals surface area (Å²) >= 11 is 0. The summed E-state index contributed by atoms with van der Waals surface area (Å²) in [6, 6.07) is 5.37. The number of hydrogen-bond donors (Lipinski definition) is 0. The van der Waals surface area contributed by atoms with Gasteiger partial charge in [0.1, 0.15) is 11.5 Å². The van der Waals surface area contributed by atoms with Gasteiger partial charge in [0.05, 0.1) is 38.0 Å². The topological polar surface area (TPSA) is 51.5 Å². The molecule has 0 unspecified atom stereocenters. The third-order valence-corrected chi connectivity index (χ3v) is 2.03. The molecule has 0 amide bonds. The number of nitriles is 1. The Kier molecular flexibility index (Phi) is 3.95. The van der Waals surface area contributed by atoms with Crippen molar-refractivity contribution >= 4 is 0 Å². The minimum atomic E-state index is 0.387. The predicted molar refractivity (Wildman–Crippen MR) is 55.0 cm³/mol. The third kappa shape index (κ3) is 2.39. The van der Waals surface area contributed by atoms with Crippen LogP contribution in [0.4, 0.5) is 0 Å². The highest BCUT2D eigenvalue weighted by atomic mass is 16.5. The van der Waals surface area contributed by atoms with E-state index in [0.717, 1.165) is 5.56 Å². The number of methoxy groups -OCH3 is 3. The van der Waals surface area contributed by atoms with Gasteiger partial charge in [0.15, 0.2) is 0 Å². The van der Waals surface area contributed by atoms with Gasteiger partial charge in [-0.3, -0.25) is 0 Å². The molecule has 1 rings (SSSR count). The average Bonchev–Trinajstić information content (AvgIpc) is 2.29. The zero-order valence-corrected chi connectivity index (χ0v) is 9.03. The van der Waals surface area contributed by atoms with Crippen molar-refractivity contribution in [2.24, 2.45) is 0 Å². The smallest absolute Gasteiger partial charge is 0.129 e. The molecule has 0 radical (unpaired) electrons. The summed E-state index contributed by atoms with van der Waals surface area (Å²) in [6.07, 6.45) is 0. The number of benzene rings is 1. The zero-order valence-electron chi connectivity index (χ0n) is 9.03. The van der Waals surface area contributed by atoms with Gasteiger partial charge >= 0.3 is 0 Å². The molecule has 0 aromatic heterocycles. The molecule has 1 aromatic rings. The van der Waals surface area contributed by atoms with Crippen LogP contribution in [0.3, 0.4) is 0 Å². The highest BCUT2D eigenvalue weighted by molar-refractivity contribution is 5.51. The fraction of sp³-hybridized carbons (Fsp3) is 0.364. The minimum Gasteiger partial charge on any atom is -0.496 e. The van der Waals surface area contributed by atoms with Crippen molar-refractivity contribution in [1.82, 2.24) is 0 Å². The Morgan fingerprint density at radius 1 is 1.13 bits per heavy atom. The Hall–Kier alpha value is -1.73. The Bertz CT molecular complexity index is 357. The molecule has 1 aromatic carbocycles. The number of ether oxygens (including phenoxy) is 3. The maximum absolute atomic E-state index is 8.81. The number of hydrogen-bond acceptors (Lipinski definition) is 4. The molecular formula is C11H13NO3. The lowest BCUT2D eigenvalue weighted by Crippen LogP contribution is -1.99. The van der Waals surface area contributed by atoms with Crippen LogP contribution in [0.1, 0.15) is 11.1 Å². The summed E-state index contributed by atoms with van der Waals surface area (Å²) < 4.78 is 15.4. The van der Waals surface area contributed by atoms with E-state index in [4.69, 9.17) is 19.5 Å². The Balaban J connectivity index is 3.27. The van der Waals surface area contributed by atoms with Crippen LogP contribution in [0.15, 0.2) is 12.1 Å². The van der Waals surface area contributed by atoms with Crippen molar-refractivity contribution in [3.8, 4) is 17.6 Å². The normalized spacial score (nSPS) is 9.47. The molecule has 0 atom stereocenters. The van der Waals surface area contributed by atoms with Crippen molar-refractivity contribution in [2.75, 3.05) is 21.3 Å². The van der Waals surface area contributed by atoms with Crippen LogP contribution in [-0.4, -0.2) is 21.3 Å². The van der Waals surface area contributed by atoms with E-state index in [1.54, 1.807) is 33.5 Å². The second-order valence-corrected chi connectivity index (χ2v) is 2.90. The summed E-state index contributed by atoms with van der Waals surface area (Å²) in [5.74, 6) is 1.21. The maximum Gasteiger partial charge on any atom is 0.129 e. The molecule has 0 bridgehead atoms. The van der Waals surface area contributed by atoms with E-state index in [1.807, 2.05) is 6.07 Å². The predicted octanol–water partition coefficient (Wildman–Crippen LogP) is 1.72. The van der Waals surface area contributed by atoms with Crippen molar-refractivity contribution in [3.63, 3.8) is 0 Å². The van der Waals surface area contributed by atoms with Gasteiger partial charge in [-0.1, -0.05) is 0 Å². The summed E-state index contributed by atoms with van der Waals surface area (Å²) in [4.78, 5) is 0. The summed E-state index contributed by atoms with van der Waals surface area (Å²) in [6.45, 7) is 0.387. The van der Waals surface area contributed by atoms with Crippen molar-refractivity contribution in [1.29, 1.82) is 5.26 Å². The quantitative estimate of drug-likeness (QED) is 0.754. The first kappa shape index (κ1) is 11.3. The molecule has 0 saturated heterocycles. The van der Waals surface area contributed by atoms with Crippen LogP contribution in [0, 0.1) is 11.3 Å². The molecule has 0 aliphatic rings. The van der Waals surface area contributed by atoms with Crippen LogP contribution < -0.4 is 9.47 Å². The molecule has 0 fully saturated rings. The SMILES string of the molecule is COCc1c(OC)cc(C#N)cc1OC. The fourth-order valence-corrected chi connectivity index (χ4v) is 1.34. The van der Waals surface area contributed by atoms with Gasteiger partial charge in [0.2, 0.25) is 0 Å². The van der Waals surface area contributed by atoms with E-state index in [9.17, 15) is 0 Å². The third-order valence-electron chi connectivity index (χ3n) is 2.03. The molecule has 0 heterocycles. The lowest BCUT2D eigenvalue weighted by Gasteiger charge is -2.12. The van der Waals surface area contributed by atoms with Crippen molar-refractivity contribution < 1.29 is 14.2 Å². The van der Waals surface area contributed by atoms with E-state index in [-0.39, 0.29) is 0 Å². The molecule has 80 valence electrons. The highest BCUT2D eigenvalue weighted by Crippen LogP contribution is 2.30. The summed E-state index contributed by atoms with van der Waals surface area (Å²) in [5, 5.41) is 8.81. The Morgan fingerprint density at radius 2 is 1.67 bits per heavy atom. The van der Waals surface area contributed by atoms with Gasteiger partial charge in [-0.2, -0.15) is 5.26 Å². The van der Waals surface area contributed by atoms with Crippen LogP contribution in [-0.2, 0) is 11.3 Å². The Morgan fingerprint density at radius 3 is 2.00 bits per heavy atom. The highest BCUT2D eigenvalue weighted by Gasteiger charge is 2.11. The second-order valence-electron chi connectivity index (χ2n) is 2.90. The largest absolute Gasteiger partial charge is 0.496 e. The second kappa shape index (κ2) is 5.23. The molecule has 0 aliphatic heterocycles. The first-order valence-corrected chi connectivity index (χ1v) is 4.40. The molecule has 0 N–H and O–H groups in total. The Labute approximate surface area is 89.0 Å². The van der Waals surface area contributed by atoms with E-state index in [1.165, 1.54) is 0 Å². The zero-order chi connectivity index (χ0) is 11.3. The lowest BCUT2D eigenvalue weighted by atomic mass is 10.1. The van der Waals surface area contributed by atoms with E-state index in [2.05, 4.69) is 0 Å². The van der Waals surface area contributed by atoms with Gasteiger partial charge in [-0.15, -0.1) is 0 Å². The van der Waals surface area contributed by atoms with E-state index in [0.29, 0.717) is 23.7 Å². The molecule has 4 nitrogen and oxygen atoms in total. The molecule has 0 saturated carbocycles. The minimum absolute atomic E-state index is 0.387. The summed E-state index contributed by atoms with van der Waals surface area (Å²) in [7, 11) is 4.70. The molecule has 0 aliphatic carbocycles. The van der Waals surface area contributed by atoms with Crippen molar-refractivity contribution in [3.05, 3.63) is 23.3 Å². The van der Waals surface area contributed by atoms with Gasteiger partial charge in [-0.05, 0) is 12.1 Å². The molecular weight excluding hydrogens is 194 g/mol. The lowest BCUT2D eigenvalue weighted by molar-refractivity contribution is 0.178. The van der Waals surface area contributed by atoms with Crippen LogP contribution >= 0.6 is 0 Å². The first-order valence-electron chi connectivity index (χ1n) is 4.40. The number of rotatable bonds is 4. The molecule has 15 heavy (non-hydrogen) atoms. The standard InChI is InChI=1S/C11H13NO3/c1-13-7-9-10(14-2)4-8(6-12)5-11(9)15-3/h4-5H,7H2,1-3H3. The van der Waals surface area contributed by atoms with Crippen LogP contribution in [0.25, 0.3) is 0 Å². The molecule has 4 heteroatoms. The van der Waals surface area contributed by atoms with E-state index < -0.39 is 0 Å². The van der Waals surface area contributed by atoms with Gasteiger partial charge < -0.3 is 14.2 Å². The van der Waals surface area contributed by atoms with Gasteiger partial charge in [0, 0.05) is 7.11 Å². The van der Waals surface area contributed by atoms with Gasteiger partial charge in [-0.25, -0.2) is 0 Å². The summed E-state index contributed by atoms with van der Waals surface area (Å²) in [5.41, 5.74) is 1.31. The first-order chi connectivity index (χ1) is 7.26. The fourth-order valence-electron chi connectivity index (χ4n) is 1.34. The van der Waals surface area contributed by atoms with Gasteiger partial charge in [0.25, 0.3) is 0 Å². The molecule has 0 spiro atoms.